The van der Waals surface area contributed by atoms with Crippen LogP contribution in [-0.2, 0) is 4.79 Å². The second-order valence-corrected chi connectivity index (χ2v) is 5.97. The highest BCUT2D eigenvalue weighted by Crippen LogP contribution is 2.22. The number of urea groups is 1. The number of nitrogens with zero attached hydrogens (tertiary/aromatic N) is 1. The minimum atomic E-state index is -0.658. The van der Waals surface area contributed by atoms with E-state index in [-0.39, 0.29) is 5.91 Å². The Morgan fingerprint density at radius 2 is 1.79 bits per heavy atom. The summed E-state index contributed by atoms with van der Waals surface area (Å²) in [7, 11) is 0. The third-order valence-corrected chi connectivity index (χ3v) is 4.09. The normalized spacial score (nSPS) is 10.8. The van der Waals surface area contributed by atoms with Gasteiger partial charge in [0, 0.05) is 17.5 Å². The van der Waals surface area contributed by atoms with Gasteiger partial charge in [-0.15, -0.1) is 11.3 Å². The molecule has 0 unspecified atom stereocenters. The monoisotopic (exact) mass is 338 g/mol. The van der Waals surface area contributed by atoms with E-state index in [0.29, 0.717) is 11.4 Å². The van der Waals surface area contributed by atoms with Crippen LogP contribution in [0.4, 0.5) is 16.2 Å². The minimum Gasteiger partial charge on any atom is -0.351 e. The number of hydrogen-bond donors (Lipinski definition) is 3. The van der Waals surface area contributed by atoms with Crippen LogP contribution in [-0.4, -0.2) is 16.9 Å². The van der Waals surface area contributed by atoms with Crippen LogP contribution >= 0.6 is 11.3 Å². The number of para-hydroxylation sites is 1. The lowest BCUT2D eigenvalue weighted by Gasteiger charge is -2.05. The molecule has 0 bridgehead atoms. The molecule has 0 saturated carbocycles. The van der Waals surface area contributed by atoms with Gasteiger partial charge < -0.3 is 16.4 Å². The summed E-state index contributed by atoms with van der Waals surface area (Å²) in [5.41, 5.74) is 7.04. The number of nitrogens with one attached hydrogen (secondary N) is 2. The summed E-state index contributed by atoms with van der Waals surface area (Å²) >= 11 is 1.52. The predicted octanol–water partition coefficient (Wildman–Crippen LogP) is 3.44. The van der Waals surface area contributed by atoms with Gasteiger partial charge in [0.05, 0.1) is 10.2 Å². The van der Waals surface area contributed by atoms with Crippen molar-refractivity contribution in [3.63, 3.8) is 0 Å². The van der Waals surface area contributed by atoms with Crippen molar-refractivity contribution in [2.45, 2.75) is 0 Å². The van der Waals surface area contributed by atoms with Crippen LogP contribution in [0, 0.1) is 0 Å². The molecule has 0 fully saturated rings. The third-order valence-electron chi connectivity index (χ3n) is 3.09. The van der Waals surface area contributed by atoms with Crippen molar-refractivity contribution in [2.24, 2.45) is 5.73 Å². The summed E-state index contributed by atoms with van der Waals surface area (Å²) < 4.78 is 1.07. The molecule has 6 nitrogen and oxygen atoms in total. The summed E-state index contributed by atoms with van der Waals surface area (Å²) in [5, 5.41) is 5.93. The predicted molar refractivity (Wildman–Crippen MR) is 96.9 cm³/mol. The number of hydrogen-bond acceptors (Lipinski definition) is 4. The number of anilines is 2. The number of fused-ring (bicyclic) bond motifs is 1. The topological polar surface area (TPSA) is 97.1 Å². The maximum absolute atomic E-state index is 12.0. The van der Waals surface area contributed by atoms with Crippen molar-refractivity contribution in [2.75, 3.05) is 10.6 Å². The Hall–Kier alpha value is -3.19. The summed E-state index contributed by atoms with van der Waals surface area (Å²) in [6, 6.07) is 13.9. The smallest absolute Gasteiger partial charge is 0.316 e. The molecule has 3 amide bonds. The van der Waals surface area contributed by atoms with Gasteiger partial charge >= 0.3 is 6.03 Å². The highest BCUT2D eigenvalue weighted by molar-refractivity contribution is 7.19. The summed E-state index contributed by atoms with van der Waals surface area (Å²) in [4.78, 5) is 27.3. The Bertz CT molecular complexity index is 900. The van der Waals surface area contributed by atoms with Gasteiger partial charge in [-0.1, -0.05) is 18.2 Å². The Morgan fingerprint density at radius 1 is 1.04 bits per heavy atom. The zero-order valence-electron chi connectivity index (χ0n) is 12.5. The maximum Gasteiger partial charge on any atom is 0.316 e. The highest BCUT2D eigenvalue weighted by atomic mass is 32.1. The van der Waals surface area contributed by atoms with E-state index in [0.717, 1.165) is 15.2 Å². The molecule has 7 heteroatoms. The quantitative estimate of drug-likeness (QED) is 0.636. The van der Waals surface area contributed by atoms with Crippen molar-refractivity contribution in [3.05, 3.63) is 59.6 Å². The molecule has 0 spiro atoms. The van der Waals surface area contributed by atoms with Crippen LogP contribution in [0.1, 0.15) is 5.01 Å². The van der Waals surface area contributed by atoms with Gasteiger partial charge in [-0.3, -0.25) is 4.79 Å². The van der Waals surface area contributed by atoms with Crippen molar-refractivity contribution < 1.29 is 9.59 Å². The van der Waals surface area contributed by atoms with Gasteiger partial charge in [0.2, 0.25) is 5.91 Å². The number of carbonyl (C=O) groups excluding carboxylic acids is 2. The van der Waals surface area contributed by atoms with Crippen LogP contribution in [0.3, 0.4) is 0 Å². The first-order chi connectivity index (χ1) is 11.6. The highest BCUT2D eigenvalue weighted by Gasteiger charge is 2.03. The molecule has 4 N–H and O–H groups in total. The number of aromatic nitrogens is 1. The molecule has 0 aliphatic heterocycles. The number of benzene rings is 2. The lowest BCUT2D eigenvalue weighted by atomic mass is 10.2. The number of primary amides is 1. The SMILES string of the molecule is NC(=O)Nc1cccc(NC(=O)/C=C/c2nc3ccccc3s2)c1. The van der Waals surface area contributed by atoms with Gasteiger partial charge in [-0.25, -0.2) is 9.78 Å². The van der Waals surface area contributed by atoms with Crippen LogP contribution in [0.5, 0.6) is 0 Å². The van der Waals surface area contributed by atoms with Gasteiger partial charge in [-0.2, -0.15) is 0 Å². The number of rotatable bonds is 4. The van der Waals surface area contributed by atoms with Gasteiger partial charge in [-0.05, 0) is 36.4 Å². The van der Waals surface area contributed by atoms with Gasteiger partial charge in [0.1, 0.15) is 5.01 Å². The molecule has 0 saturated heterocycles. The van der Waals surface area contributed by atoms with Gasteiger partial charge in [0.15, 0.2) is 0 Å². The zero-order valence-corrected chi connectivity index (χ0v) is 13.3. The second kappa shape index (κ2) is 6.93. The first-order valence-electron chi connectivity index (χ1n) is 7.11. The average molecular weight is 338 g/mol. The first kappa shape index (κ1) is 15.7. The summed E-state index contributed by atoms with van der Waals surface area (Å²) in [6.07, 6.45) is 3.09. The fourth-order valence-corrected chi connectivity index (χ4v) is 2.98. The van der Waals surface area contributed by atoms with Crippen LogP contribution in [0.25, 0.3) is 16.3 Å². The molecular formula is C17H14N4O2S. The molecule has 1 aromatic heterocycles. The molecule has 0 aliphatic rings. The minimum absolute atomic E-state index is 0.287. The molecule has 3 aromatic rings. The van der Waals surface area contributed by atoms with Crippen molar-refractivity contribution in [3.8, 4) is 0 Å². The average Bonchev–Trinajstić information content (AvgIpc) is 2.95. The number of nitrogens with two attached hydrogens (primary N) is 1. The van der Waals surface area contributed by atoms with Crippen LogP contribution in [0.15, 0.2) is 54.6 Å². The van der Waals surface area contributed by atoms with E-state index in [1.54, 1.807) is 30.3 Å². The van der Waals surface area contributed by atoms with E-state index in [1.165, 1.54) is 17.4 Å². The van der Waals surface area contributed by atoms with Crippen molar-refractivity contribution in [1.29, 1.82) is 0 Å². The Kier molecular flexibility index (Phi) is 4.53. The van der Waals surface area contributed by atoms with Crippen molar-refractivity contribution in [1.82, 2.24) is 4.98 Å². The molecule has 0 radical (unpaired) electrons. The van der Waals surface area contributed by atoms with Gasteiger partial charge in [0.25, 0.3) is 0 Å². The van der Waals surface area contributed by atoms with E-state index in [4.69, 9.17) is 5.73 Å². The first-order valence-corrected chi connectivity index (χ1v) is 7.93. The maximum atomic E-state index is 12.0. The largest absolute Gasteiger partial charge is 0.351 e. The van der Waals surface area contributed by atoms with E-state index in [9.17, 15) is 9.59 Å². The van der Waals surface area contributed by atoms with E-state index in [2.05, 4.69) is 15.6 Å². The summed E-state index contributed by atoms with van der Waals surface area (Å²) in [5.74, 6) is -0.287. The lowest BCUT2D eigenvalue weighted by molar-refractivity contribution is -0.111. The van der Waals surface area contributed by atoms with Crippen LogP contribution < -0.4 is 16.4 Å². The molecule has 2 aromatic carbocycles. The standard InChI is InChI=1S/C17H14N4O2S/c18-17(23)20-12-5-3-4-11(10-12)19-15(22)8-9-16-21-13-6-1-2-7-14(13)24-16/h1-10H,(H,19,22)(H3,18,20,23)/b9-8+. The molecule has 0 aliphatic carbocycles. The molecular weight excluding hydrogens is 324 g/mol. The molecule has 3 rings (SSSR count). The second-order valence-electron chi connectivity index (χ2n) is 4.91. The Balaban J connectivity index is 1.67. The fraction of sp³-hybridized carbons (Fsp3) is 0. The Labute approximate surface area is 142 Å². The molecule has 24 heavy (non-hydrogen) atoms. The molecule has 120 valence electrons. The van der Waals surface area contributed by atoms with Crippen molar-refractivity contribution >= 4 is 50.9 Å². The number of amides is 3. The molecule has 0 atom stereocenters. The Morgan fingerprint density at radius 3 is 2.54 bits per heavy atom. The van der Waals surface area contributed by atoms with Crippen LogP contribution in [0.2, 0.25) is 0 Å². The third kappa shape index (κ3) is 3.96. The lowest BCUT2D eigenvalue weighted by Crippen LogP contribution is -2.19. The zero-order chi connectivity index (χ0) is 16.9. The fourth-order valence-electron chi connectivity index (χ4n) is 2.11. The van der Waals surface area contributed by atoms with E-state index < -0.39 is 6.03 Å². The number of carbonyl (C=O) groups is 2. The van der Waals surface area contributed by atoms with E-state index in [1.807, 2.05) is 24.3 Å². The van der Waals surface area contributed by atoms with E-state index >= 15 is 0 Å². The summed E-state index contributed by atoms with van der Waals surface area (Å²) in [6.45, 7) is 0. The number of thiazole rings is 1. The molecule has 1 heterocycles.